The number of hydrazone groups is 1. The molecule has 1 amide bonds. The predicted molar refractivity (Wildman–Crippen MR) is 132 cm³/mol. The first-order valence-corrected chi connectivity index (χ1v) is 11.3. The summed E-state index contributed by atoms with van der Waals surface area (Å²) in [5.41, 5.74) is 4.38. The minimum Gasteiger partial charge on any atom is -0.495 e. The number of nitrogens with zero attached hydrogens (tertiary/aromatic N) is 4. The van der Waals surface area contributed by atoms with Crippen LogP contribution in [0.4, 0.5) is 4.39 Å². The van der Waals surface area contributed by atoms with Gasteiger partial charge in [-0.25, -0.2) is 4.39 Å². The largest absolute Gasteiger partial charge is 0.495 e. The number of thioether (sulfide) groups is 1. The van der Waals surface area contributed by atoms with Gasteiger partial charge in [0.15, 0.2) is 5.84 Å². The Labute approximate surface area is 199 Å². The normalized spacial score (nSPS) is 16.6. The second-order valence-electron chi connectivity index (χ2n) is 7.77. The van der Waals surface area contributed by atoms with Crippen LogP contribution in [0, 0.1) is 25.1 Å². The van der Waals surface area contributed by atoms with E-state index in [9.17, 15) is 9.18 Å². The van der Waals surface area contributed by atoms with Gasteiger partial charge in [0, 0.05) is 17.0 Å². The van der Waals surface area contributed by atoms with Crippen LogP contribution in [-0.4, -0.2) is 38.6 Å². The summed E-state index contributed by atoms with van der Waals surface area (Å²) >= 11 is 1.18. The van der Waals surface area contributed by atoms with Gasteiger partial charge < -0.3 is 9.30 Å². The van der Waals surface area contributed by atoms with E-state index in [1.807, 2.05) is 48.7 Å². The van der Waals surface area contributed by atoms with Crippen LogP contribution in [0.2, 0.25) is 0 Å². The van der Waals surface area contributed by atoms with Crippen molar-refractivity contribution in [2.45, 2.75) is 13.8 Å². The average molecular weight is 474 g/mol. The van der Waals surface area contributed by atoms with Crippen molar-refractivity contribution in [3.8, 4) is 11.4 Å². The lowest BCUT2D eigenvalue weighted by Crippen LogP contribution is -2.35. The van der Waals surface area contributed by atoms with Gasteiger partial charge in [-0.2, -0.15) is 15.1 Å². The first-order valence-electron chi connectivity index (χ1n) is 10.5. The van der Waals surface area contributed by atoms with Gasteiger partial charge in [-0.3, -0.25) is 10.2 Å². The first-order chi connectivity index (χ1) is 16.4. The molecule has 0 aliphatic carbocycles. The van der Waals surface area contributed by atoms with E-state index in [2.05, 4.69) is 10.1 Å². The summed E-state index contributed by atoms with van der Waals surface area (Å²) in [6, 6.07) is 15.6. The maximum absolute atomic E-state index is 13.3. The Bertz CT molecular complexity index is 1440. The van der Waals surface area contributed by atoms with Gasteiger partial charge in [0.1, 0.15) is 16.6 Å². The van der Waals surface area contributed by atoms with E-state index < -0.39 is 5.91 Å². The number of aromatic nitrogens is 1. The summed E-state index contributed by atoms with van der Waals surface area (Å²) in [6.45, 7) is 3.93. The number of aliphatic imine (C=N–C) groups is 1. The van der Waals surface area contributed by atoms with Gasteiger partial charge in [0.25, 0.3) is 5.91 Å². The third-order valence-corrected chi connectivity index (χ3v) is 6.60. The quantitative estimate of drug-likeness (QED) is 0.546. The van der Waals surface area contributed by atoms with Gasteiger partial charge in [0.05, 0.1) is 18.4 Å². The van der Waals surface area contributed by atoms with Crippen molar-refractivity contribution in [2.75, 3.05) is 7.11 Å². The van der Waals surface area contributed by atoms with Crippen LogP contribution in [0.3, 0.4) is 0 Å². The highest BCUT2D eigenvalue weighted by atomic mass is 32.2. The number of fused-ring (bicyclic) bond motifs is 1. The Morgan fingerprint density at radius 3 is 2.59 bits per heavy atom. The number of ether oxygens (including phenoxy) is 1. The van der Waals surface area contributed by atoms with Crippen molar-refractivity contribution in [2.24, 2.45) is 10.1 Å². The lowest BCUT2D eigenvalue weighted by Gasteiger charge is -2.20. The number of benzene rings is 2. The number of amides is 1. The molecule has 0 spiro atoms. The molecule has 5 rings (SSSR count). The summed E-state index contributed by atoms with van der Waals surface area (Å²) in [4.78, 5) is 17.0. The summed E-state index contributed by atoms with van der Waals surface area (Å²) in [6.07, 6.45) is 1.68. The molecule has 0 saturated heterocycles. The van der Waals surface area contributed by atoms with Crippen LogP contribution in [0.5, 0.6) is 5.75 Å². The molecule has 2 aliphatic heterocycles. The van der Waals surface area contributed by atoms with Crippen molar-refractivity contribution >= 4 is 39.8 Å². The lowest BCUT2D eigenvalue weighted by molar-refractivity contribution is -0.114. The molecule has 1 aromatic heterocycles. The highest BCUT2D eigenvalue weighted by molar-refractivity contribution is 8.27. The topological polar surface area (TPSA) is 83.0 Å². The lowest BCUT2D eigenvalue weighted by atomic mass is 10.1. The summed E-state index contributed by atoms with van der Waals surface area (Å²) in [7, 11) is 1.63. The fraction of sp³-hybridized carbons (Fsp3) is 0.120. The van der Waals surface area contributed by atoms with Crippen LogP contribution in [0.25, 0.3) is 11.8 Å². The Hall–Kier alpha value is -3.98. The number of aryl methyl sites for hydroxylation is 1. The molecule has 2 aliphatic rings. The molecule has 9 heteroatoms. The Balaban J connectivity index is 1.52. The van der Waals surface area contributed by atoms with Crippen LogP contribution < -0.4 is 4.74 Å². The molecule has 1 N–H and O–H groups in total. The van der Waals surface area contributed by atoms with Crippen LogP contribution in [0.15, 0.2) is 70.3 Å². The molecule has 0 saturated carbocycles. The second-order valence-corrected chi connectivity index (χ2v) is 8.72. The molecule has 3 aromatic rings. The zero-order chi connectivity index (χ0) is 24.0. The van der Waals surface area contributed by atoms with E-state index in [4.69, 9.17) is 10.1 Å². The van der Waals surface area contributed by atoms with E-state index in [0.29, 0.717) is 15.8 Å². The number of hydrogen-bond donors (Lipinski definition) is 1. The number of carbonyl (C=O) groups is 1. The molecule has 0 fully saturated rings. The molecular formula is C25H20FN5O2S. The van der Waals surface area contributed by atoms with Crippen molar-refractivity contribution in [3.05, 3.63) is 88.5 Å². The number of amidine groups is 2. The minimum absolute atomic E-state index is 0.0540. The van der Waals surface area contributed by atoms with E-state index in [0.717, 1.165) is 28.4 Å². The summed E-state index contributed by atoms with van der Waals surface area (Å²) in [5, 5.41) is 15.3. The third kappa shape index (κ3) is 3.63. The van der Waals surface area contributed by atoms with E-state index >= 15 is 0 Å². The number of rotatable bonds is 4. The molecule has 0 radical (unpaired) electrons. The van der Waals surface area contributed by atoms with Crippen molar-refractivity contribution in [1.29, 1.82) is 5.41 Å². The summed E-state index contributed by atoms with van der Waals surface area (Å²) < 4.78 is 20.8. The number of methoxy groups -OCH3 is 1. The smallest absolute Gasteiger partial charge is 0.283 e. The van der Waals surface area contributed by atoms with Crippen LogP contribution in [0.1, 0.15) is 22.5 Å². The maximum Gasteiger partial charge on any atom is 0.283 e. The Morgan fingerprint density at radius 2 is 1.85 bits per heavy atom. The molecule has 2 aromatic carbocycles. The fourth-order valence-corrected chi connectivity index (χ4v) is 4.87. The van der Waals surface area contributed by atoms with E-state index in [1.165, 1.54) is 28.9 Å². The number of para-hydroxylation sites is 2. The Kier molecular flexibility index (Phi) is 5.41. The van der Waals surface area contributed by atoms with Gasteiger partial charge in [-0.1, -0.05) is 12.1 Å². The number of nitrogens with one attached hydrogen (secondary N) is 1. The first kappa shape index (κ1) is 21.8. The molecular weight excluding hydrogens is 453 g/mol. The molecule has 34 heavy (non-hydrogen) atoms. The SMILES string of the molecule is COc1ccccc1-n1c(C)cc(C=C2C(=N)N3N=C(c4ccc(F)cc4)SC3=NC2=O)c1C. The molecule has 0 bridgehead atoms. The van der Waals surface area contributed by atoms with Crippen molar-refractivity contribution in [3.63, 3.8) is 0 Å². The number of carbonyl (C=O) groups excluding carboxylic acids is 1. The van der Waals surface area contributed by atoms with Gasteiger partial charge >= 0.3 is 0 Å². The van der Waals surface area contributed by atoms with Gasteiger partial charge in [-0.05, 0) is 79.7 Å². The Morgan fingerprint density at radius 1 is 1.12 bits per heavy atom. The number of hydrogen-bond acceptors (Lipinski definition) is 5. The average Bonchev–Trinajstić information content (AvgIpc) is 3.37. The minimum atomic E-state index is -0.499. The molecule has 7 nitrogen and oxygen atoms in total. The number of halogens is 1. The van der Waals surface area contributed by atoms with Crippen LogP contribution >= 0.6 is 11.8 Å². The zero-order valence-electron chi connectivity index (χ0n) is 18.7. The molecule has 170 valence electrons. The molecule has 0 unspecified atom stereocenters. The summed E-state index contributed by atoms with van der Waals surface area (Å²) in [5.74, 6) is -0.166. The maximum atomic E-state index is 13.3. The highest BCUT2D eigenvalue weighted by Crippen LogP contribution is 2.33. The monoisotopic (exact) mass is 473 g/mol. The van der Waals surface area contributed by atoms with Crippen molar-refractivity contribution in [1.82, 2.24) is 9.58 Å². The van der Waals surface area contributed by atoms with Crippen LogP contribution in [-0.2, 0) is 4.79 Å². The molecule has 3 heterocycles. The van der Waals surface area contributed by atoms with Gasteiger partial charge in [-0.15, -0.1) is 0 Å². The predicted octanol–water partition coefficient (Wildman–Crippen LogP) is 4.91. The molecule has 0 atom stereocenters. The fourth-order valence-electron chi connectivity index (χ4n) is 3.98. The van der Waals surface area contributed by atoms with Gasteiger partial charge in [0.2, 0.25) is 5.17 Å². The highest BCUT2D eigenvalue weighted by Gasteiger charge is 2.36. The second kappa shape index (κ2) is 8.42. The van der Waals surface area contributed by atoms with Crippen molar-refractivity contribution < 1.29 is 13.9 Å². The standard InChI is InChI=1S/C25H20FN5O2S/c1-14-12-17(15(2)30(14)20-6-4-5-7-21(20)33-3)13-19-22(27)31-25(28-23(19)32)34-24(29-31)16-8-10-18(26)11-9-16/h4-13,27H,1-3H3. The van der Waals surface area contributed by atoms with E-state index in [1.54, 1.807) is 25.3 Å². The zero-order valence-corrected chi connectivity index (χ0v) is 19.5. The third-order valence-electron chi connectivity index (χ3n) is 5.64. The van der Waals surface area contributed by atoms with E-state index in [-0.39, 0.29) is 17.2 Å².